The highest BCUT2D eigenvalue weighted by Crippen LogP contribution is 2.36. The number of benzene rings is 3. The van der Waals surface area contributed by atoms with Gasteiger partial charge in [-0.1, -0.05) is 78.9 Å². The van der Waals surface area contributed by atoms with Crippen molar-refractivity contribution in [1.82, 2.24) is 29.7 Å². The molecular formula is C44H50N6O6. The summed E-state index contributed by atoms with van der Waals surface area (Å²) in [6.45, 7) is 12.4. The molecule has 0 unspecified atom stereocenters. The number of rotatable bonds is 8. The second-order valence-corrected chi connectivity index (χ2v) is 16.4. The Bertz CT molecular complexity index is 2160. The van der Waals surface area contributed by atoms with Crippen molar-refractivity contribution in [2.75, 3.05) is 13.1 Å². The first-order valence-corrected chi connectivity index (χ1v) is 19.3. The van der Waals surface area contributed by atoms with Crippen molar-refractivity contribution >= 4 is 18.2 Å². The minimum Gasteiger partial charge on any atom is -0.456 e. The molecule has 2 aromatic heterocycles. The zero-order chi connectivity index (χ0) is 39.6. The fourth-order valence-corrected chi connectivity index (χ4v) is 7.20. The molecule has 2 N–H and O–H groups in total. The lowest BCUT2D eigenvalue weighted by Crippen LogP contribution is -2.36. The number of nitrogens with one attached hydrogen (secondary N) is 2. The van der Waals surface area contributed by atoms with Crippen LogP contribution in [0.5, 0.6) is 0 Å². The van der Waals surface area contributed by atoms with Gasteiger partial charge in [0.2, 0.25) is 0 Å². The second-order valence-electron chi connectivity index (χ2n) is 16.4. The van der Waals surface area contributed by atoms with Crippen molar-refractivity contribution in [1.29, 1.82) is 0 Å². The van der Waals surface area contributed by atoms with E-state index in [-0.39, 0.29) is 30.5 Å². The van der Waals surface area contributed by atoms with Crippen molar-refractivity contribution in [2.24, 2.45) is 0 Å². The molecule has 3 aromatic carbocycles. The highest BCUT2D eigenvalue weighted by molar-refractivity contribution is 5.94. The summed E-state index contributed by atoms with van der Waals surface area (Å²) in [5, 5.41) is 0. The Labute approximate surface area is 327 Å². The van der Waals surface area contributed by atoms with E-state index in [1.165, 1.54) is 0 Å². The lowest BCUT2D eigenvalue weighted by atomic mass is 10.0. The van der Waals surface area contributed by atoms with Crippen LogP contribution in [-0.2, 0) is 20.8 Å². The first kappa shape index (κ1) is 38.4. The fourth-order valence-electron chi connectivity index (χ4n) is 7.20. The van der Waals surface area contributed by atoms with Gasteiger partial charge in [-0.15, -0.1) is 0 Å². The summed E-state index contributed by atoms with van der Waals surface area (Å²) < 4.78 is 17.1. The number of esters is 1. The minimum atomic E-state index is -0.641. The van der Waals surface area contributed by atoms with Crippen LogP contribution in [0.2, 0.25) is 0 Å². The average Bonchev–Trinajstić information content (AvgIpc) is 3.99. The molecule has 2 amide bonds. The van der Waals surface area contributed by atoms with Crippen LogP contribution >= 0.6 is 0 Å². The van der Waals surface area contributed by atoms with Crippen LogP contribution in [0, 0.1) is 0 Å². The molecule has 5 aromatic rings. The molecule has 2 atom stereocenters. The van der Waals surface area contributed by atoms with Crippen LogP contribution in [0.25, 0.3) is 33.6 Å². The normalized spacial score (nSPS) is 17.2. The quantitative estimate of drug-likeness (QED) is 0.118. The third-order valence-electron chi connectivity index (χ3n) is 9.82. The van der Waals surface area contributed by atoms with E-state index in [9.17, 15) is 14.4 Å². The van der Waals surface area contributed by atoms with Crippen LogP contribution in [-0.4, -0.2) is 72.2 Å². The molecule has 0 aliphatic carbocycles. The minimum absolute atomic E-state index is 0.106. The van der Waals surface area contributed by atoms with Crippen molar-refractivity contribution < 1.29 is 28.6 Å². The van der Waals surface area contributed by atoms with Gasteiger partial charge in [0.1, 0.15) is 29.5 Å². The highest BCUT2D eigenvalue weighted by Gasteiger charge is 2.37. The maximum atomic E-state index is 13.6. The zero-order valence-electron chi connectivity index (χ0n) is 32.9. The van der Waals surface area contributed by atoms with E-state index in [4.69, 9.17) is 19.2 Å². The molecule has 4 heterocycles. The molecule has 12 heteroatoms. The Morgan fingerprint density at radius 2 is 1.20 bits per heavy atom. The molecular weight excluding hydrogens is 709 g/mol. The van der Waals surface area contributed by atoms with Crippen LogP contribution in [0.3, 0.4) is 0 Å². The van der Waals surface area contributed by atoms with E-state index in [2.05, 4.69) is 27.1 Å². The van der Waals surface area contributed by atoms with Crippen LogP contribution < -0.4 is 0 Å². The lowest BCUT2D eigenvalue weighted by Gasteiger charge is -2.27. The number of aromatic nitrogens is 4. The predicted octanol–water partition coefficient (Wildman–Crippen LogP) is 9.63. The van der Waals surface area contributed by atoms with Gasteiger partial charge in [-0.25, -0.2) is 24.4 Å². The Morgan fingerprint density at radius 3 is 1.75 bits per heavy atom. The average molecular weight is 759 g/mol. The first-order valence-electron chi connectivity index (χ1n) is 19.3. The molecule has 2 saturated heterocycles. The number of likely N-dealkylation sites (tertiary alicyclic amines) is 2. The monoisotopic (exact) mass is 758 g/mol. The standard InChI is InChI=1S/C44H50N6O6/c1-43(2,3)55-41(52)49-24-10-14-34(49)38-45-26-33(46-38)31-20-16-29(17-21-31)30-18-22-32(23-19-30)36-37(40(51)54-27-28-12-8-7-9-13-28)48-39(47-36)35-15-11-25-50(35)42(53)56-44(4,5)6/h7-9,12-13,16-23,26,34-35H,10-11,14-15,24-25,27H2,1-6H3,(H,45,46)(H,47,48)/t34-,35-/m0/s1. The van der Waals surface area contributed by atoms with Gasteiger partial charge in [-0.05, 0) is 89.5 Å². The van der Waals surface area contributed by atoms with Crippen molar-refractivity contribution in [3.05, 3.63) is 108 Å². The number of carbonyl (C=O) groups is 3. The summed E-state index contributed by atoms with van der Waals surface area (Å²) >= 11 is 0. The van der Waals surface area contributed by atoms with E-state index in [1.807, 2.05) is 114 Å². The number of hydrogen-bond acceptors (Lipinski definition) is 8. The van der Waals surface area contributed by atoms with E-state index < -0.39 is 23.3 Å². The molecule has 2 aliphatic rings. The number of H-pyrrole nitrogens is 2. The molecule has 2 aliphatic heterocycles. The second kappa shape index (κ2) is 15.7. The van der Waals surface area contributed by atoms with Crippen LogP contribution in [0.15, 0.2) is 85.1 Å². The number of ether oxygens (including phenoxy) is 3. The highest BCUT2D eigenvalue weighted by atomic mass is 16.6. The van der Waals surface area contributed by atoms with E-state index in [0.29, 0.717) is 31.0 Å². The maximum absolute atomic E-state index is 13.6. The molecule has 12 nitrogen and oxygen atoms in total. The van der Waals surface area contributed by atoms with Gasteiger partial charge < -0.3 is 24.2 Å². The van der Waals surface area contributed by atoms with Crippen LogP contribution in [0.4, 0.5) is 9.59 Å². The fraction of sp³-hybridized carbons (Fsp3) is 0.386. The van der Waals surface area contributed by atoms with Gasteiger partial charge in [0.15, 0.2) is 5.69 Å². The summed E-state index contributed by atoms with van der Waals surface area (Å²) in [4.78, 5) is 59.3. The molecule has 292 valence electrons. The Hall–Kier alpha value is -5.91. The smallest absolute Gasteiger partial charge is 0.410 e. The van der Waals surface area contributed by atoms with Gasteiger partial charge >= 0.3 is 18.2 Å². The van der Waals surface area contributed by atoms with Crippen molar-refractivity contribution in [2.45, 2.75) is 97.1 Å². The number of nitrogens with zero attached hydrogens (tertiary/aromatic N) is 4. The third kappa shape index (κ3) is 8.80. The van der Waals surface area contributed by atoms with E-state index in [1.54, 1.807) is 9.80 Å². The molecule has 7 rings (SSSR count). The SMILES string of the molecule is CC(C)(C)OC(=O)N1CCC[C@H]1c1ncc(-c2ccc(-c3ccc(-c4[nH]c([C@@H]5CCCN5C(=O)OC(C)(C)C)nc4C(=O)OCc4ccccc4)cc3)cc2)[nH]1. The first-order chi connectivity index (χ1) is 26.7. The molecule has 0 spiro atoms. The van der Waals surface area contributed by atoms with Crippen LogP contribution in [0.1, 0.15) is 107 Å². The van der Waals surface area contributed by atoms with E-state index >= 15 is 0 Å². The lowest BCUT2D eigenvalue weighted by molar-refractivity contribution is 0.0208. The maximum Gasteiger partial charge on any atom is 0.410 e. The number of imidazole rings is 2. The Balaban J connectivity index is 1.10. The largest absolute Gasteiger partial charge is 0.456 e. The number of carbonyl (C=O) groups excluding carboxylic acids is 3. The Kier molecular flexibility index (Phi) is 10.7. The molecule has 0 bridgehead atoms. The number of aromatic amines is 2. The summed E-state index contributed by atoms with van der Waals surface area (Å²) in [7, 11) is 0. The van der Waals surface area contributed by atoms with Gasteiger partial charge in [0, 0.05) is 18.7 Å². The van der Waals surface area contributed by atoms with Crippen molar-refractivity contribution in [3.63, 3.8) is 0 Å². The van der Waals surface area contributed by atoms with Gasteiger partial charge in [0.05, 0.1) is 29.7 Å². The number of amides is 2. The molecule has 0 saturated carbocycles. The summed E-state index contributed by atoms with van der Waals surface area (Å²) in [5.41, 5.74) is 4.95. The van der Waals surface area contributed by atoms with Gasteiger partial charge in [-0.2, -0.15) is 0 Å². The predicted molar refractivity (Wildman–Crippen MR) is 212 cm³/mol. The van der Waals surface area contributed by atoms with Gasteiger partial charge in [-0.3, -0.25) is 9.80 Å². The number of hydrogen-bond donors (Lipinski definition) is 2. The summed E-state index contributed by atoms with van der Waals surface area (Å²) in [6.07, 6.45) is 4.27. The van der Waals surface area contributed by atoms with E-state index in [0.717, 1.165) is 58.6 Å². The summed E-state index contributed by atoms with van der Waals surface area (Å²) in [5.74, 6) is 0.709. The molecule has 56 heavy (non-hydrogen) atoms. The third-order valence-corrected chi connectivity index (χ3v) is 9.82. The topological polar surface area (TPSA) is 143 Å². The zero-order valence-corrected chi connectivity index (χ0v) is 32.9. The molecule has 0 radical (unpaired) electrons. The Morgan fingerprint density at radius 1 is 0.679 bits per heavy atom. The van der Waals surface area contributed by atoms with Crippen molar-refractivity contribution in [3.8, 4) is 33.6 Å². The molecule has 2 fully saturated rings. The van der Waals surface area contributed by atoms with Gasteiger partial charge in [0.25, 0.3) is 0 Å². The summed E-state index contributed by atoms with van der Waals surface area (Å²) in [6, 6.07) is 25.1.